The van der Waals surface area contributed by atoms with E-state index in [-0.39, 0.29) is 12.1 Å². The number of amides is 1. The summed E-state index contributed by atoms with van der Waals surface area (Å²) in [7, 11) is 0. The second-order valence-corrected chi connectivity index (χ2v) is 8.03. The Morgan fingerprint density at radius 3 is 2.45 bits per heavy atom. The summed E-state index contributed by atoms with van der Waals surface area (Å²) in [6.45, 7) is 12.5. The summed E-state index contributed by atoms with van der Waals surface area (Å²) in [5.74, 6) is 0. The summed E-state index contributed by atoms with van der Waals surface area (Å²) in [5.41, 5.74) is -0.436. The van der Waals surface area contributed by atoms with E-state index in [0.29, 0.717) is 18.1 Å². The van der Waals surface area contributed by atoms with Crippen molar-refractivity contribution in [3.05, 3.63) is 0 Å². The van der Waals surface area contributed by atoms with Crippen molar-refractivity contribution in [3.8, 4) is 0 Å². The standard InChI is InChI=1S/C17H33N3O2/c1-12(2)20-10-9-13(11-20)18-14-7-6-8-15(14)19-16(21)22-17(3,4)5/h12-15,18H,6-11H2,1-5H3,(H,19,21). The molecule has 0 aromatic carbocycles. The molecule has 22 heavy (non-hydrogen) atoms. The van der Waals surface area contributed by atoms with Gasteiger partial charge in [-0.05, 0) is 66.8 Å². The number of carbonyl (C=O) groups is 1. The number of rotatable bonds is 4. The van der Waals surface area contributed by atoms with E-state index in [1.165, 1.54) is 19.4 Å². The van der Waals surface area contributed by atoms with Crippen molar-refractivity contribution < 1.29 is 9.53 Å². The molecule has 0 bridgehead atoms. The fraction of sp³-hybridized carbons (Fsp3) is 0.941. The van der Waals surface area contributed by atoms with E-state index >= 15 is 0 Å². The molecule has 0 aromatic heterocycles. The molecule has 3 unspecified atom stereocenters. The molecule has 128 valence electrons. The Bertz CT molecular complexity index is 379. The third-order valence-electron chi connectivity index (χ3n) is 4.62. The molecular formula is C17H33N3O2. The smallest absolute Gasteiger partial charge is 0.407 e. The molecule has 1 heterocycles. The average molecular weight is 311 g/mol. The van der Waals surface area contributed by atoms with Crippen molar-refractivity contribution in [1.29, 1.82) is 0 Å². The molecule has 1 aliphatic carbocycles. The molecule has 5 nitrogen and oxygen atoms in total. The van der Waals surface area contributed by atoms with Crippen LogP contribution in [-0.4, -0.2) is 53.9 Å². The van der Waals surface area contributed by atoms with Gasteiger partial charge in [-0.3, -0.25) is 4.90 Å². The molecular weight excluding hydrogens is 278 g/mol. The molecule has 1 amide bonds. The molecule has 1 saturated carbocycles. The highest BCUT2D eigenvalue weighted by Crippen LogP contribution is 2.22. The minimum Gasteiger partial charge on any atom is -0.444 e. The van der Waals surface area contributed by atoms with Gasteiger partial charge in [0.1, 0.15) is 5.60 Å². The maximum Gasteiger partial charge on any atom is 0.407 e. The Morgan fingerprint density at radius 1 is 1.18 bits per heavy atom. The van der Waals surface area contributed by atoms with Crippen LogP contribution in [-0.2, 0) is 4.74 Å². The van der Waals surface area contributed by atoms with E-state index in [9.17, 15) is 4.79 Å². The van der Waals surface area contributed by atoms with Gasteiger partial charge in [0.05, 0.1) is 0 Å². The van der Waals surface area contributed by atoms with Gasteiger partial charge < -0.3 is 15.4 Å². The quantitative estimate of drug-likeness (QED) is 0.837. The predicted molar refractivity (Wildman–Crippen MR) is 89.0 cm³/mol. The molecule has 3 atom stereocenters. The first-order valence-corrected chi connectivity index (χ1v) is 8.74. The van der Waals surface area contributed by atoms with Crippen molar-refractivity contribution >= 4 is 6.09 Å². The van der Waals surface area contributed by atoms with Crippen LogP contribution in [0.5, 0.6) is 0 Å². The molecule has 2 rings (SSSR count). The lowest BCUT2D eigenvalue weighted by atomic mass is 10.1. The number of nitrogens with one attached hydrogen (secondary N) is 2. The van der Waals surface area contributed by atoms with Crippen LogP contribution in [0.25, 0.3) is 0 Å². The summed E-state index contributed by atoms with van der Waals surface area (Å²) in [4.78, 5) is 14.5. The van der Waals surface area contributed by atoms with E-state index < -0.39 is 5.60 Å². The minimum absolute atomic E-state index is 0.197. The van der Waals surface area contributed by atoms with Crippen LogP contribution in [0.1, 0.15) is 60.3 Å². The molecule has 1 saturated heterocycles. The molecule has 0 radical (unpaired) electrons. The fourth-order valence-corrected chi connectivity index (χ4v) is 3.49. The number of hydrogen-bond acceptors (Lipinski definition) is 4. The van der Waals surface area contributed by atoms with Crippen LogP contribution in [0.15, 0.2) is 0 Å². The van der Waals surface area contributed by atoms with Crippen molar-refractivity contribution in [2.75, 3.05) is 13.1 Å². The summed E-state index contributed by atoms with van der Waals surface area (Å²) in [6.07, 6.45) is 4.25. The number of carbonyl (C=O) groups excluding carboxylic acids is 1. The van der Waals surface area contributed by atoms with Gasteiger partial charge in [0.25, 0.3) is 0 Å². The Labute approximate surface area is 135 Å². The van der Waals surface area contributed by atoms with Crippen molar-refractivity contribution in [3.63, 3.8) is 0 Å². The highest BCUT2D eigenvalue weighted by molar-refractivity contribution is 5.68. The third kappa shape index (κ3) is 5.13. The van der Waals surface area contributed by atoms with Crippen LogP contribution in [0, 0.1) is 0 Å². The molecule has 2 N–H and O–H groups in total. The third-order valence-corrected chi connectivity index (χ3v) is 4.62. The van der Waals surface area contributed by atoms with Crippen molar-refractivity contribution in [1.82, 2.24) is 15.5 Å². The lowest BCUT2D eigenvalue weighted by Gasteiger charge is -2.28. The number of ether oxygens (including phenoxy) is 1. The van der Waals surface area contributed by atoms with Gasteiger partial charge in [0.15, 0.2) is 0 Å². The first-order chi connectivity index (χ1) is 10.2. The van der Waals surface area contributed by atoms with Gasteiger partial charge in [-0.25, -0.2) is 4.79 Å². The van der Waals surface area contributed by atoms with Crippen LogP contribution in [0.4, 0.5) is 4.79 Å². The first-order valence-electron chi connectivity index (χ1n) is 8.74. The maximum atomic E-state index is 12.0. The summed E-state index contributed by atoms with van der Waals surface area (Å²) < 4.78 is 5.38. The largest absolute Gasteiger partial charge is 0.444 e. The van der Waals surface area contributed by atoms with E-state index in [2.05, 4.69) is 29.4 Å². The zero-order valence-corrected chi connectivity index (χ0v) is 14.8. The number of alkyl carbamates (subject to hydrolysis) is 1. The number of hydrogen-bond donors (Lipinski definition) is 2. The highest BCUT2D eigenvalue weighted by atomic mass is 16.6. The predicted octanol–water partition coefficient (Wildman–Crippen LogP) is 2.50. The van der Waals surface area contributed by atoms with E-state index in [0.717, 1.165) is 19.4 Å². The summed E-state index contributed by atoms with van der Waals surface area (Å²) in [6, 6.07) is 1.74. The topological polar surface area (TPSA) is 53.6 Å². The Morgan fingerprint density at radius 2 is 1.86 bits per heavy atom. The van der Waals surface area contributed by atoms with Crippen LogP contribution in [0.3, 0.4) is 0 Å². The normalized spacial score (nSPS) is 30.0. The number of nitrogens with zero attached hydrogens (tertiary/aromatic N) is 1. The van der Waals surface area contributed by atoms with Crippen LogP contribution >= 0.6 is 0 Å². The fourth-order valence-electron chi connectivity index (χ4n) is 3.49. The van der Waals surface area contributed by atoms with Gasteiger partial charge in [-0.2, -0.15) is 0 Å². The lowest BCUT2D eigenvalue weighted by Crippen LogP contribution is -2.51. The monoisotopic (exact) mass is 311 g/mol. The van der Waals surface area contributed by atoms with Gasteiger partial charge in [-0.1, -0.05) is 0 Å². The van der Waals surface area contributed by atoms with Crippen LogP contribution in [0.2, 0.25) is 0 Å². The zero-order valence-electron chi connectivity index (χ0n) is 14.8. The Balaban J connectivity index is 1.80. The van der Waals surface area contributed by atoms with E-state index in [1.54, 1.807) is 0 Å². The molecule has 0 aromatic rings. The van der Waals surface area contributed by atoms with Gasteiger partial charge in [0, 0.05) is 30.7 Å². The lowest BCUT2D eigenvalue weighted by molar-refractivity contribution is 0.0497. The van der Waals surface area contributed by atoms with E-state index in [1.807, 2.05) is 20.8 Å². The summed E-state index contributed by atoms with van der Waals surface area (Å²) in [5, 5.41) is 6.83. The maximum absolute atomic E-state index is 12.0. The highest BCUT2D eigenvalue weighted by Gasteiger charge is 2.33. The SMILES string of the molecule is CC(C)N1CCC(NC2CCCC2NC(=O)OC(C)(C)C)C1. The van der Waals surface area contributed by atoms with Gasteiger partial charge in [0.2, 0.25) is 0 Å². The summed E-state index contributed by atoms with van der Waals surface area (Å²) >= 11 is 0. The number of likely N-dealkylation sites (tertiary alicyclic amines) is 1. The van der Waals surface area contributed by atoms with Crippen molar-refractivity contribution in [2.45, 2.75) is 90.1 Å². The van der Waals surface area contributed by atoms with Crippen molar-refractivity contribution in [2.24, 2.45) is 0 Å². The molecule has 1 aliphatic heterocycles. The van der Waals surface area contributed by atoms with Gasteiger partial charge >= 0.3 is 6.09 Å². The molecule has 5 heteroatoms. The Kier molecular flexibility index (Phi) is 5.72. The average Bonchev–Trinajstić information content (AvgIpc) is 2.97. The zero-order chi connectivity index (χ0) is 16.3. The molecule has 0 spiro atoms. The second kappa shape index (κ2) is 7.18. The van der Waals surface area contributed by atoms with Gasteiger partial charge in [-0.15, -0.1) is 0 Å². The minimum atomic E-state index is -0.436. The van der Waals surface area contributed by atoms with Crippen LogP contribution < -0.4 is 10.6 Å². The Hall–Kier alpha value is -0.810. The van der Waals surface area contributed by atoms with E-state index in [4.69, 9.17) is 4.74 Å². The first kappa shape index (κ1) is 17.5. The second-order valence-electron chi connectivity index (χ2n) is 8.03. The molecule has 2 fully saturated rings. The molecule has 2 aliphatic rings.